The Morgan fingerprint density at radius 3 is 2.41 bits per heavy atom. The lowest BCUT2D eigenvalue weighted by atomic mass is 9.90. The van der Waals surface area contributed by atoms with Crippen LogP contribution in [0.5, 0.6) is 0 Å². The van der Waals surface area contributed by atoms with Crippen molar-refractivity contribution in [3.8, 4) is 0 Å². The highest BCUT2D eigenvalue weighted by molar-refractivity contribution is 8.04. The minimum absolute atomic E-state index is 0.321. The minimum Gasteiger partial charge on any atom is -0.484 e. The number of allylic oxidation sites excluding steroid dienone is 1. The molecular formula is C27H32N2O7S. The molecule has 0 N–H and O–H groups in total. The molecule has 3 aliphatic heterocycles. The molecule has 1 aromatic carbocycles. The zero-order chi connectivity index (χ0) is 26.4. The summed E-state index contributed by atoms with van der Waals surface area (Å²) >= 11 is 1.37. The number of hydrogen-bond acceptors (Lipinski definition) is 8. The maximum absolute atomic E-state index is 12.9. The van der Waals surface area contributed by atoms with Crippen molar-refractivity contribution in [3.05, 3.63) is 40.3 Å². The number of nitrogens with zero attached hydrogens (tertiary/aromatic N) is 2. The lowest BCUT2D eigenvalue weighted by molar-refractivity contribution is -0.111. The van der Waals surface area contributed by atoms with Crippen molar-refractivity contribution in [3.63, 3.8) is 0 Å². The van der Waals surface area contributed by atoms with Crippen LogP contribution in [-0.4, -0.2) is 82.8 Å². The third kappa shape index (κ3) is 5.21. The fraction of sp³-hybridized carbons (Fsp3) is 0.556. The van der Waals surface area contributed by atoms with E-state index >= 15 is 0 Å². The van der Waals surface area contributed by atoms with E-state index < -0.39 is 35.0 Å². The fourth-order valence-electron chi connectivity index (χ4n) is 5.10. The molecule has 4 aliphatic rings. The van der Waals surface area contributed by atoms with Gasteiger partial charge in [-0.2, -0.15) is 0 Å². The number of benzene rings is 1. The third-order valence-electron chi connectivity index (χ3n) is 7.06. The Labute approximate surface area is 220 Å². The normalized spacial score (nSPS) is 23.3. The molecule has 9 nitrogen and oxygen atoms in total. The van der Waals surface area contributed by atoms with E-state index in [9.17, 15) is 19.2 Å². The van der Waals surface area contributed by atoms with Crippen molar-refractivity contribution < 1.29 is 33.4 Å². The van der Waals surface area contributed by atoms with Crippen LogP contribution in [0.3, 0.4) is 0 Å². The van der Waals surface area contributed by atoms with Gasteiger partial charge in [0.05, 0.1) is 6.54 Å². The second-order valence-electron chi connectivity index (χ2n) is 11.0. The molecule has 1 aromatic rings. The van der Waals surface area contributed by atoms with Gasteiger partial charge in [-0.15, -0.1) is 11.8 Å². The standard InChI is InChI=1S/C27H32N2O7S/c1-26(2,3)36-25(33)29-12-6-7-17(15-29)34-24(32)28-13-10-27(11-14-28)16-37-23-21(31)20(30)18-8-4-5-9-19(18)22(23)35-27/h4-5,8-9,17H,6-7,10-16H2,1-3H3. The van der Waals surface area contributed by atoms with Crippen molar-refractivity contribution in [2.24, 2.45) is 0 Å². The van der Waals surface area contributed by atoms with Gasteiger partial charge in [0.25, 0.3) is 0 Å². The summed E-state index contributed by atoms with van der Waals surface area (Å²) in [5.41, 5.74) is -0.0736. The molecule has 1 aliphatic carbocycles. The monoisotopic (exact) mass is 528 g/mol. The first-order valence-corrected chi connectivity index (χ1v) is 13.7. The third-order valence-corrected chi connectivity index (χ3v) is 8.39. The van der Waals surface area contributed by atoms with E-state index in [-0.39, 0.29) is 6.10 Å². The highest BCUT2D eigenvalue weighted by Gasteiger charge is 2.46. The van der Waals surface area contributed by atoms with Crippen LogP contribution in [0.15, 0.2) is 29.2 Å². The predicted molar refractivity (Wildman–Crippen MR) is 137 cm³/mol. The van der Waals surface area contributed by atoms with Crippen molar-refractivity contribution in [1.82, 2.24) is 9.80 Å². The van der Waals surface area contributed by atoms with Crippen LogP contribution < -0.4 is 0 Å². The first-order valence-electron chi connectivity index (χ1n) is 12.7. The number of fused-ring (bicyclic) bond motifs is 2. The number of hydrogen-bond donors (Lipinski definition) is 0. The molecule has 0 saturated carbocycles. The summed E-state index contributed by atoms with van der Waals surface area (Å²) in [6, 6.07) is 7.04. The second-order valence-corrected chi connectivity index (χ2v) is 12.0. The molecule has 0 bridgehead atoms. The van der Waals surface area contributed by atoms with Crippen LogP contribution in [0, 0.1) is 0 Å². The van der Waals surface area contributed by atoms with E-state index in [1.807, 2.05) is 32.9 Å². The number of carbonyl (C=O) groups excluding carboxylic acids is 4. The van der Waals surface area contributed by atoms with Crippen molar-refractivity contribution >= 4 is 41.3 Å². The second kappa shape index (κ2) is 9.70. The van der Waals surface area contributed by atoms with Crippen LogP contribution in [0.1, 0.15) is 62.4 Å². The first-order chi connectivity index (χ1) is 17.6. The molecule has 10 heteroatoms. The quantitative estimate of drug-likeness (QED) is 0.499. The van der Waals surface area contributed by atoms with Crippen molar-refractivity contribution in [2.75, 3.05) is 31.9 Å². The molecule has 1 unspecified atom stereocenters. The lowest BCUT2D eigenvalue weighted by Crippen LogP contribution is -2.52. The molecule has 37 heavy (non-hydrogen) atoms. The van der Waals surface area contributed by atoms with E-state index in [0.29, 0.717) is 73.0 Å². The summed E-state index contributed by atoms with van der Waals surface area (Å²) in [6.45, 7) is 7.29. The predicted octanol–water partition coefficient (Wildman–Crippen LogP) is 4.25. The Morgan fingerprint density at radius 1 is 1.00 bits per heavy atom. The SMILES string of the molecule is CC(C)(C)OC(=O)N1CCCC(OC(=O)N2CCC3(CC2)CSC2=C(O3)c3ccccc3C(=O)C2=O)C1. The molecule has 2 amide bonds. The van der Waals surface area contributed by atoms with Crippen LogP contribution in [0.4, 0.5) is 9.59 Å². The minimum atomic E-state index is -0.580. The van der Waals surface area contributed by atoms with Gasteiger partial charge in [-0.3, -0.25) is 9.59 Å². The largest absolute Gasteiger partial charge is 0.484 e. The average Bonchev–Trinajstić information content (AvgIpc) is 2.87. The number of piperidine rings is 2. The highest BCUT2D eigenvalue weighted by Crippen LogP contribution is 2.47. The van der Waals surface area contributed by atoms with Crippen LogP contribution in [0.25, 0.3) is 5.76 Å². The molecule has 3 heterocycles. The molecular weight excluding hydrogens is 496 g/mol. The average molecular weight is 529 g/mol. The van der Waals surface area contributed by atoms with Gasteiger partial charge in [0, 0.05) is 49.4 Å². The molecule has 198 valence electrons. The van der Waals surface area contributed by atoms with E-state index in [2.05, 4.69) is 0 Å². The Kier molecular flexibility index (Phi) is 6.72. The van der Waals surface area contributed by atoms with Gasteiger partial charge in [0.2, 0.25) is 11.6 Å². The molecule has 5 rings (SSSR count). The van der Waals surface area contributed by atoms with E-state index in [4.69, 9.17) is 14.2 Å². The Hall–Kier alpha value is -3.01. The summed E-state index contributed by atoms with van der Waals surface area (Å²) in [5.74, 6) is 0.0231. The van der Waals surface area contributed by atoms with Gasteiger partial charge in [-0.05, 0) is 33.6 Å². The Morgan fingerprint density at radius 2 is 1.70 bits per heavy atom. The summed E-state index contributed by atoms with van der Waals surface area (Å²) in [6.07, 6.45) is 1.46. The van der Waals surface area contributed by atoms with Gasteiger partial charge in [-0.1, -0.05) is 24.3 Å². The smallest absolute Gasteiger partial charge is 0.410 e. The molecule has 1 atom stereocenters. The number of Topliss-reactive ketones (excluding diaryl/α,β-unsaturated/α-hetero) is 2. The Bertz CT molecular complexity index is 1160. The van der Waals surface area contributed by atoms with Crippen molar-refractivity contribution in [2.45, 2.75) is 63.8 Å². The van der Waals surface area contributed by atoms with Gasteiger partial charge in [0.15, 0.2) is 0 Å². The highest BCUT2D eigenvalue weighted by atomic mass is 32.2. The number of ketones is 2. The van der Waals surface area contributed by atoms with Crippen LogP contribution in [-0.2, 0) is 19.0 Å². The van der Waals surface area contributed by atoms with Gasteiger partial charge in [0.1, 0.15) is 28.0 Å². The summed E-state index contributed by atoms with van der Waals surface area (Å²) < 4.78 is 17.7. The van der Waals surface area contributed by atoms with E-state index in [1.54, 1.807) is 21.9 Å². The summed E-state index contributed by atoms with van der Waals surface area (Å²) in [4.78, 5) is 54.2. The maximum atomic E-state index is 12.9. The fourth-order valence-corrected chi connectivity index (χ4v) is 6.36. The van der Waals surface area contributed by atoms with E-state index in [0.717, 1.165) is 6.42 Å². The zero-order valence-electron chi connectivity index (χ0n) is 21.4. The number of carbonyl (C=O) groups is 4. The van der Waals surface area contributed by atoms with Gasteiger partial charge < -0.3 is 24.0 Å². The molecule has 2 fully saturated rings. The number of rotatable bonds is 1. The van der Waals surface area contributed by atoms with E-state index in [1.165, 1.54) is 11.8 Å². The van der Waals surface area contributed by atoms with Gasteiger partial charge in [-0.25, -0.2) is 9.59 Å². The number of ether oxygens (including phenoxy) is 3. The van der Waals surface area contributed by atoms with Crippen LogP contribution in [0.2, 0.25) is 0 Å². The number of thioether (sulfide) groups is 1. The van der Waals surface area contributed by atoms with Crippen LogP contribution >= 0.6 is 11.8 Å². The van der Waals surface area contributed by atoms with Crippen molar-refractivity contribution in [1.29, 1.82) is 0 Å². The summed E-state index contributed by atoms with van der Waals surface area (Å²) in [7, 11) is 0. The Balaban J connectivity index is 1.19. The van der Waals surface area contributed by atoms with Gasteiger partial charge >= 0.3 is 12.2 Å². The molecule has 0 radical (unpaired) electrons. The summed E-state index contributed by atoms with van der Waals surface area (Å²) in [5, 5.41) is 0. The zero-order valence-corrected chi connectivity index (χ0v) is 22.2. The number of amides is 2. The lowest BCUT2D eigenvalue weighted by Gasteiger charge is -2.45. The number of likely N-dealkylation sites (tertiary alicyclic amines) is 2. The topological polar surface area (TPSA) is 102 Å². The molecule has 2 saturated heterocycles. The molecule has 0 aromatic heterocycles. The molecule has 1 spiro atoms. The maximum Gasteiger partial charge on any atom is 0.410 e. The first kappa shape index (κ1) is 25.6.